The molecule has 0 atom stereocenters. The average molecular weight is 482 g/mol. The van der Waals surface area contributed by atoms with E-state index in [0.29, 0.717) is 24.2 Å². The lowest BCUT2D eigenvalue weighted by atomic mass is 9.81. The summed E-state index contributed by atoms with van der Waals surface area (Å²) in [5.41, 5.74) is 4.97. The normalized spacial score (nSPS) is 18.1. The third-order valence-electron chi connectivity index (χ3n) is 7.80. The van der Waals surface area contributed by atoms with Gasteiger partial charge in [-0.15, -0.1) is 0 Å². The number of nitrogens with zero attached hydrogens (tertiary/aromatic N) is 3. The molecule has 0 saturated carbocycles. The van der Waals surface area contributed by atoms with Crippen LogP contribution in [0.5, 0.6) is 0 Å². The molecule has 0 N–H and O–H groups in total. The number of carbonyl (C=O) groups excluding carboxylic acids is 2. The minimum Gasteiger partial charge on any atom is -0.297 e. The number of rotatable bonds is 6. The van der Waals surface area contributed by atoms with E-state index in [1.54, 1.807) is 12.1 Å². The predicted octanol–water partition coefficient (Wildman–Crippen LogP) is 5.17. The third kappa shape index (κ3) is 4.00. The lowest BCUT2D eigenvalue weighted by molar-refractivity contribution is 0.0278. The first-order valence-corrected chi connectivity index (χ1v) is 13.1. The number of piperazine rings is 1. The molecular weight excluding hydrogens is 446 g/mol. The molecule has 1 saturated heterocycles. The maximum atomic E-state index is 14.2. The molecule has 5 heteroatoms. The number of Topliss-reactive ketones (excluding diaryl/α,β-unsaturated/α-hetero) is 2. The topological polar surface area (TPSA) is 53.5 Å². The molecule has 5 rings (SSSR count). The van der Waals surface area contributed by atoms with E-state index >= 15 is 0 Å². The van der Waals surface area contributed by atoms with E-state index in [0.717, 1.165) is 43.0 Å². The maximum absolute atomic E-state index is 14.2. The molecule has 0 unspecified atom stereocenters. The fraction of sp³-hybridized carbons (Fsp3) is 0.387. The molecule has 0 bridgehead atoms. The standard InChI is InChI=1S/C31H35N3O2/c1-5-23-10-6-7-11-24(23)20-33-14-16-34(17-15-33)31(25-18-22(4)32-28(19-25)21(2)3)29(35)26-12-8-9-13-27(26)30(31)36/h6-13,18-19,21H,5,14-17,20H2,1-4H3. The number of hydrogen-bond acceptors (Lipinski definition) is 5. The summed E-state index contributed by atoms with van der Waals surface area (Å²) in [7, 11) is 0. The second-order valence-electron chi connectivity index (χ2n) is 10.4. The van der Waals surface area contributed by atoms with Gasteiger partial charge in [0.25, 0.3) is 0 Å². The molecule has 2 aliphatic rings. The first-order chi connectivity index (χ1) is 17.4. The highest BCUT2D eigenvalue weighted by Gasteiger charge is 2.58. The Balaban J connectivity index is 1.51. The van der Waals surface area contributed by atoms with Gasteiger partial charge >= 0.3 is 0 Å². The molecule has 3 aromatic rings. The second kappa shape index (κ2) is 9.72. The van der Waals surface area contributed by atoms with Crippen LogP contribution in [0.2, 0.25) is 0 Å². The maximum Gasteiger partial charge on any atom is 0.196 e. The number of aryl methyl sites for hydroxylation is 2. The Bertz CT molecular complexity index is 1270. The summed E-state index contributed by atoms with van der Waals surface area (Å²) in [6.45, 7) is 12.1. The number of ketones is 2. The highest BCUT2D eigenvalue weighted by molar-refractivity contribution is 6.32. The monoisotopic (exact) mass is 481 g/mol. The minimum atomic E-state index is -1.32. The number of hydrogen-bond donors (Lipinski definition) is 0. The third-order valence-corrected chi connectivity index (χ3v) is 7.80. The van der Waals surface area contributed by atoms with Crippen LogP contribution in [0.1, 0.15) is 75.5 Å². The van der Waals surface area contributed by atoms with Gasteiger partial charge in [-0.05, 0) is 48.1 Å². The number of pyridine rings is 1. The van der Waals surface area contributed by atoms with Crippen LogP contribution in [0, 0.1) is 6.92 Å². The summed E-state index contributed by atoms with van der Waals surface area (Å²) in [5, 5.41) is 0. The first-order valence-electron chi connectivity index (χ1n) is 13.1. The molecule has 5 nitrogen and oxygen atoms in total. The van der Waals surface area contributed by atoms with Gasteiger partial charge in [0.15, 0.2) is 17.1 Å². The van der Waals surface area contributed by atoms with Crippen LogP contribution in [-0.4, -0.2) is 52.5 Å². The van der Waals surface area contributed by atoms with E-state index in [4.69, 9.17) is 4.98 Å². The molecule has 0 spiro atoms. The van der Waals surface area contributed by atoms with Crippen LogP contribution >= 0.6 is 0 Å². The van der Waals surface area contributed by atoms with Crippen molar-refractivity contribution in [1.82, 2.24) is 14.8 Å². The van der Waals surface area contributed by atoms with Crippen molar-refractivity contribution in [3.63, 3.8) is 0 Å². The Labute approximate surface area is 214 Å². The summed E-state index contributed by atoms with van der Waals surface area (Å²) >= 11 is 0. The predicted molar refractivity (Wildman–Crippen MR) is 143 cm³/mol. The molecule has 2 heterocycles. The number of carbonyl (C=O) groups is 2. The van der Waals surface area contributed by atoms with Crippen molar-refractivity contribution in [3.05, 3.63) is 99.9 Å². The smallest absolute Gasteiger partial charge is 0.196 e. The molecular formula is C31H35N3O2. The zero-order valence-corrected chi connectivity index (χ0v) is 21.8. The van der Waals surface area contributed by atoms with E-state index in [1.807, 2.05) is 31.2 Å². The lowest BCUT2D eigenvalue weighted by Gasteiger charge is -2.44. The van der Waals surface area contributed by atoms with Gasteiger partial charge < -0.3 is 0 Å². The van der Waals surface area contributed by atoms with Gasteiger partial charge in [0.2, 0.25) is 0 Å². The summed E-state index contributed by atoms with van der Waals surface area (Å²) in [4.78, 5) is 37.6. The van der Waals surface area contributed by atoms with Gasteiger partial charge in [0.05, 0.1) is 0 Å². The highest BCUT2D eigenvalue weighted by atomic mass is 16.2. The largest absolute Gasteiger partial charge is 0.297 e. The molecule has 1 aliphatic heterocycles. The van der Waals surface area contributed by atoms with Crippen molar-refractivity contribution in [3.8, 4) is 0 Å². The Hall–Kier alpha value is -3.15. The van der Waals surface area contributed by atoms with Crippen LogP contribution in [0.3, 0.4) is 0 Å². The SMILES string of the molecule is CCc1ccccc1CN1CCN(C2(c3cc(C)nc(C(C)C)c3)C(=O)c3ccccc3C2=O)CC1. The van der Waals surface area contributed by atoms with Crippen molar-refractivity contribution in [1.29, 1.82) is 0 Å². The summed E-state index contributed by atoms with van der Waals surface area (Å²) in [6.07, 6.45) is 1.01. The molecule has 36 heavy (non-hydrogen) atoms. The summed E-state index contributed by atoms with van der Waals surface area (Å²) in [5.74, 6) is -0.00784. The van der Waals surface area contributed by atoms with Gasteiger partial charge in [-0.3, -0.25) is 24.4 Å². The molecule has 1 fully saturated rings. The summed E-state index contributed by atoms with van der Waals surface area (Å²) < 4.78 is 0. The average Bonchev–Trinajstić information content (AvgIpc) is 3.12. The molecule has 0 radical (unpaired) electrons. The quantitative estimate of drug-likeness (QED) is 0.455. The van der Waals surface area contributed by atoms with E-state index in [2.05, 4.69) is 54.8 Å². The molecule has 1 aromatic heterocycles. The Kier molecular flexibility index (Phi) is 6.62. The molecule has 0 amide bonds. The van der Waals surface area contributed by atoms with Gasteiger partial charge in [-0.1, -0.05) is 69.3 Å². The van der Waals surface area contributed by atoms with Gasteiger partial charge in [0, 0.05) is 55.2 Å². The molecule has 2 aromatic carbocycles. The van der Waals surface area contributed by atoms with E-state index in [9.17, 15) is 9.59 Å². The molecule has 1 aliphatic carbocycles. The fourth-order valence-corrected chi connectivity index (χ4v) is 5.84. The van der Waals surface area contributed by atoms with Crippen molar-refractivity contribution >= 4 is 11.6 Å². The van der Waals surface area contributed by atoms with E-state index in [1.165, 1.54) is 11.1 Å². The second-order valence-corrected chi connectivity index (χ2v) is 10.4. The van der Waals surface area contributed by atoms with E-state index in [-0.39, 0.29) is 17.5 Å². The van der Waals surface area contributed by atoms with Crippen LogP contribution < -0.4 is 0 Å². The van der Waals surface area contributed by atoms with Crippen molar-refractivity contribution in [2.45, 2.75) is 52.1 Å². The van der Waals surface area contributed by atoms with Crippen molar-refractivity contribution in [2.24, 2.45) is 0 Å². The summed E-state index contributed by atoms with van der Waals surface area (Å²) in [6, 6.07) is 19.8. The fourth-order valence-electron chi connectivity index (χ4n) is 5.84. The van der Waals surface area contributed by atoms with Crippen LogP contribution in [0.4, 0.5) is 0 Å². The highest BCUT2D eigenvalue weighted by Crippen LogP contribution is 2.43. The number of aromatic nitrogens is 1. The van der Waals surface area contributed by atoms with Gasteiger partial charge in [-0.2, -0.15) is 0 Å². The first kappa shape index (κ1) is 24.5. The zero-order chi connectivity index (χ0) is 25.4. The lowest BCUT2D eigenvalue weighted by Crippen LogP contribution is -2.60. The van der Waals surface area contributed by atoms with Gasteiger partial charge in [0.1, 0.15) is 0 Å². The van der Waals surface area contributed by atoms with Crippen LogP contribution in [0.25, 0.3) is 0 Å². The number of fused-ring (bicyclic) bond motifs is 1. The minimum absolute atomic E-state index is 0.104. The number of benzene rings is 2. The zero-order valence-electron chi connectivity index (χ0n) is 21.8. The van der Waals surface area contributed by atoms with Crippen LogP contribution in [0.15, 0.2) is 60.7 Å². The Morgan fingerprint density at radius 2 is 1.44 bits per heavy atom. The van der Waals surface area contributed by atoms with Crippen LogP contribution in [-0.2, 0) is 18.5 Å². The van der Waals surface area contributed by atoms with Crippen molar-refractivity contribution in [2.75, 3.05) is 26.2 Å². The van der Waals surface area contributed by atoms with Gasteiger partial charge in [-0.25, -0.2) is 0 Å². The van der Waals surface area contributed by atoms with Crippen molar-refractivity contribution < 1.29 is 9.59 Å². The molecule has 186 valence electrons. The van der Waals surface area contributed by atoms with E-state index < -0.39 is 5.54 Å². The Morgan fingerprint density at radius 3 is 2.03 bits per heavy atom. The Morgan fingerprint density at radius 1 is 0.861 bits per heavy atom.